The van der Waals surface area contributed by atoms with Gasteiger partial charge in [0, 0.05) is 19.5 Å². The third-order valence-electron chi connectivity index (χ3n) is 1.60. The molecule has 0 fully saturated rings. The first-order valence-corrected chi connectivity index (χ1v) is 5.70. The molecule has 0 aromatic carbocycles. The van der Waals surface area contributed by atoms with E-state index in [-0.39, 0.29) is 5.25 Å². The Kier molecular flexibility index (Phi) is 4.68. The molecule has 0 heterocycles. The molecule has 1 atom stereocenters. The fraction of sp³-hybridized carbons (Fsp3) is 1.00. The van der Waals surface area contributed by atoms with Gasteiger partial charge in [-0.05, 0) is 20.3 Å². The van der Waals surface area contributed by atoms with Crippen molar-refractivity contribution in [3.8, 4) is 0 Å². The van der Waals surface area contributed by atoms with Gasteiger partial charge in [-0.2, -0.15) is 0 Å². The lowest BCUT2D eigenvalue weighted by atomic mass is 10.3. The van der Waals surface area contributed by atoms with Crippen molar-refractivity contribution in [1.82, 2.24) is 0 Å². The molecule has 0 amide bonds. The van der Waals surface area contributed by atoms with Gasteiger partial charge in [-0.1, -0.05) is 0 Å². The number of hydrogen-bond acceptors (Lipinski definition) is 3. The van der Waals surface area contributed by atoms with Crippen LogP contribution in [0.4, 0.5) is 0 Å². The molecule has 0 rings (SSSR count). The van der Waals surface area contributed by atoms with Gasteiger partial charge < -0.3 is 4.74 Å². The summed E-state index contributed by atoms with van der Waals surface area (Å²) >= 11 is 0. The third kappa shape index (κ3) is 5.21. The zero-order valence-electron chi connectivity index (χ0n) is 7.33. The van der Waals surface area contributed by atoms with Crippen LogP contribution < -0.4 is 0 Å². The quantitative estimate of drug-likeness (QED) is 0.589. The summed E-state index contributed by atoms with van der Waals surface area (Å²) in [5.41, 5.74) is 0. The van der Waals surface area contributed by atoms with Crippen molar-refractivity contribution < 1.29 is 13.2 Å². The van der Waals surface area contributed by atoms with E-state index in [1.54, 1.807) is 6.92 Å². The summed E-state index contributed by atoms with van der Waals surface area (Å²) in [4.78, 5) is 0. The zero-order chi connectivity index (χ0) is 8.91. The van der Waals surface area contributed by atoms with E-state index in [9.17, 15) is 8.42 Å². The number of ether oxygens (including phenoxy) is 1. The molecule has 0 aliphatic carbocycles. The van der Waals surface area contributed by atoms with Crippen molar-refractivity contribution in [3.63, 3.8) is 0 Å². The molecule has 0 spiro atoms. The number of hydrogen-bond donors (Lipinski definition) is 0. The van der Waals surface area contributed by atoms with Crippen LogP contribution in [-0.4, -0.2) is 33.1 Å². The van der Waals surface area contributed by atoms with E-state index in [1.165, 1.54) is 6.26 Å². The minimum atomic E-state index is -2.86. The Hall–Kier alpha value is -0.0900. The van der Waals surface area contributed by atoms with Crippen LogP contribution in [0.2, 0.25) is 0 Å². The van der Waals surface area contributed by atoms with Gasteiger partial charge >= 0.3 is 0 Å². The molecule has 0 aliphatic heterocycles. The summed E-state index contributed by atoms with van der Waals surface area (Å²) in [6.07, 6.45) is 1.84. The second-order valence-corrected chi connectivity index (χ2v) is 5.09. The average Bonchev–Trinajstić information content (AvgIpc) is 1.86. The molecule has 0 bridgehead atoms. The van der Waals surface area contributed by atoms with Crippen LogP contribution >= 0.6 is 0 Å². The van der Waals surface area contributed by atoms with Gasteiger partial charge in [-0.15, -0.1) is 0 Å². The highest BCUT2D eigenvalue weighted by Gasteiger charge is 2.13. The largest absolute Gasteiger partial charge is 0.382 e. The maximum atomic E-state index is 10.9. The Bertz CT molecular complexity index is 184. The van der Waals surface area contributed by atoms with E-state index in [2.05, 4.69) is 0 Å². The Labute approximate surface area is 68.7 Å². The van der Waals surface area contributed by atoms with Gasteiger partial charge in [0.05, 0.1) is 5.25 Å². The SMILES string of the molecule is CCOCCC(C)S(C)(=O)=O. The topological polar surface area (TPSA) is 43.4 Å². The Morgan fingerprint density at radius 3 is 2.36 bits per heavy atom. The van der Waals surface area contributed by atoms with E-state index >= 15 is 0 Å². The highest BCUT2D eigenvalue weighted by atomic mass is 32.2. The molecule has 11 heavy (non-hydrogen) atoms. The molecular formula is C7H16O3S. The molecule has 0 saturated heterocycles. The lowest BCUT2D eigenvalue weighted by molar-refractivity contribution is 0.145. The van der Waals surface area contributed by atoms with Crippen LogP contribution in [-0.2, 0) is 14.6 Å². The number of rotatable bonds is 5. The van der Waals surface area contributed by atoms with Gasteiger partial charge in [0.1, 0.15) is 9.84 Å². The van der Waals surface area contributed by atoms with Crippen LogP contribution in [0.1, 0.15) is 20.3 Å². The molecule has 3 nitrogen and oxygen atoms in total. The molecule has 0 saturated carbocycles. The van der Waals surface area contributed by atoms with Crippen molar-refractivity contribution in [2.75, 3.05) is 19.5 Å². The molecule has 0 radical (unpaired) electrons. The van der Waals surface area contributed by atoms with Gasteiger partial charge in [0.2, 0.25) is 0 Å². The van der Waals surface area contributed by atoms with Crippen LogP contribution in [0.15, 0.2) is 0 Å². The van der Waals surface area contributed by atoms with E-state index in [0.29, 0.717) is 19.6 Å². The van der Waals surface area contributed by atoms with E-state index in [1.807, 2.05) is 6.92 Å². The summed E-state index contributed by atoms with van der Waals surface area (Å²) < 4.78 is 26.8. The second-order valence-electron chi connectivity index (χ2n) is 2.63. The summed E-state index contributed by atoms with van der Waals surface area (Å²) in [5.74, 6) is 0. The van der Waals surface area contributed by atoms with Gasteiger partial charge in [-0.3, -0.25) is 0 Å². The predicted octanol–water partition coefficient (Wildman–Crippen LogP) is 0.846. The van der Waals surface area contributed by atoms with Crippen molar-refractivity contribution in [1.29, 1.82) is 0 Å². The fourth-order valence-electron chi connectivity index (χ4n) is 0.608. The lowest BCUT2D eigenvalue weighted by Gasteiger charge is -2.07. The monoisotopic (exact) mass is 180 g/mol. The summed E-state index contributed by atoms with van der Waals surface area (Å²) in [7, 11) is -2.86. The third-order valence-corrected chi connectivity index (χ3v) is 3.30. The molecule has 0 aliphatic rings. The Morgan fingerprint density at radius 1 is 1.45 bits per heavy atom. The van der Waals surface area contributed by atoms with E-state index < -0.39 is 9.84 Å². The molecule has 0 aromatic rings. The Morgan fingerprint density at radius 2 is 2.00 bits per heavy atom. The smallest absolute Gasteiger partial charge is 0.150 e. The van der Waals surface area contributed by atoms with Crippen molar-refractivity contribution in [2.45, 2.75) is 25.5 Å². The van der Waals surface area contributed by atoms with E-state index in [0.717, 1.165) is 0 Å². The minimum absolute atomic E-state index is 0.283. The van der Waals surface area contributed by atoms with Crippen LogP contribution in [0, 0.1) is 0 Å². The van der Waals surface area contributed by atoms with Gasteiger partial charge in [-0.25, -0.2) is 8.42 Å². The standard InChI is InChI=1S/C7H16O3S/c1-4-10-6-5-7(2)11(3,8)9/h7H,4-6H2,1-3H3. The second kappa shape index (κ2) is 4.72. The first-order chi connectivity index (χ1) is 4.98. The minimum Gasteiger partial charge on any atom is -0.382 e. The summed E-state index contributed by atoms with van der Waals surface area (Å²) in [6.45, 7) is 4.78. The average molecular weight is 180 g/mol. The van der Waals surface area contributed by atoms with Crippen molar-refractivity contribution in [2.24, 2.45) is 0 Å². The predicted molar refractivity (Wildman–Crippen MR) is 45.4 cm³/mol. The summed E-state index contributed by atoms with van der Waals surface area (Å²) in [5, 5.41) is -0.283. The van der Waals surface area contributed by atoms with Crippen LogP contribution in [0.5, 0.6) is 0 Å². The molecule has 4 heteroatoms. The normalized spacial score (nSPS) is 14.8. The molecular weight excluding hydrogens is 164 g/mol. The Balaban J connectivity index is 3.62. The summed E-state index contributed by atoms with van der Waals surface area (Å²) in [6, 6.07) is 0. The molecule has 0 N–H and O–H groups in total. The first-order valence-electron chi connectivity index (χ1n) is 3.75. The van der Waals surface area contributed by atoms with Crippen LogP contribution in [0.3, 0.4) is 0 Å². The maximum Gasteiger partial charge on any atom is 0.150 e. The molecule has 68 valence electrons. The van der Waals surface area contributed by atoms with Gasteiger partial charge in [0.25, 0.3) is 0 Å². The number of sulfone groups is 1. The van der Waals surface area contributed by atoms with Crippen molar-refractivity contribution >= 4 is 9.84 Å². The van der Waals surface area contributed by atoms with Crippen molar-refractivity contribution in [3.05, 3.63) is 0 Å². The fourth-order valence-corrected chi connectivity index (χ4v) is 1.13. The molecule has 0 aromatic heterocycles. The maximum absolute atomic E-state index is 10.9. The molecule has 1 unspecified atom stereocenters. The van der Waals surface area contributed by atoms with Crippen LogP contribution in [0.25, 0.3) is 0 Å². The van der Waals surface area contributed by atoms with E-state index in [4.69, 9.17) is 4.74 Å². The lowest BCUT2D eigenvalue weighted by Crippen LogP contribution is -2.17. The highest BCUT2D eigenvalue weighted by Crippen LogP contribution is 2.02. The zero-order valence-corrected chi connectivity index (χ0v) is 8.15. The highest BCUT2D eigenvalue weighted by molar-refractivity contribution is 7.91. The first kappa shape index (κ1) is 10.9. The van der Waals surface area contributed by atoms with Gasteiger partial charge in [0.15, 0.2) is 0 Å².